The van der Waals surface area contributed by atoms with Crippen LogP contribution in [0.3, 0.4) is 0 Å². The van der Waals surface area contributed by atoms with Gasteiger partial charge in [0.1, 0.15) is 11.9 Å². The Labute approximate surface area is 189 Å². The van der Waals surface area contributed by atoms with Gasteiger partial charge in [-0.05, 0) is 30.2 Å². The predicted molar refractivity (Wildman–Crippen MR) is 117 cm³/mol. The van der Waals surface area contributed by atoms with Gasteiger partial charge in [-0.3, -0.25) is 24.7 Å². The van der Waals surface area contributed by atoms with E-state index in [1.807, 2.05) is 0 Å². The second kappa shape index (κ2) is 8.49. The second-order valence-corrected chi connectivity index (χ2v) is 8.24. The van der Waals surface area contributed by atoms with Crippen molar-refractivity contribution < 1.29 is 19.2 Å². The summed E-state index contributed by atoms with van der Waals surface area (Å²) in [4.78, 5) is 62.9. The van der Waals surface area contributed by atoms with E-state index in [2.05, 4.69) is 25.5 Å². The van der Waals surface area contributed by atoms with Gasteiger partial charge in [-0.15, -0.1) is 0 Å². The number of carbonyl (C=O) groups excluding carboxylic acids is 4. The van der Waals surface area contributed by atoms with Gasteiger partial charge in [0.25, 0.3) is 5.91 Å². The number of aromatic nitrogens is 2. The summed E-state index contributed by atoms with van der Waals surface area (Å²) in [7, 11) is 0. The first kappa shape index (κ1) is 20.9. The van der Waals surface area contributed by atoms with Crippen LogP contribution >= 0.6 is 0 Å². The van der Waals surface area contributed by atoms with Crippen molar-refractivity contribution in [2.24, 2.45) is 0 Å². The number of hydrogen-bond acceptors (Lipinski definition) is 7. The topological polar surface area (TPSA) is 128 Å². The Hall–Kier alpha value is -4.02. The van der Waals surface area contributed by atoms with Crippen molar-refractivity contribution in [2.45, 2.75) is 25.4 Å². The van der Waals surface area contributed by atoms with Crippen molar-refractivity contribution in [3.05, 3.63) is 47.9 Å². The third-order valence-corrected chi connectivity index (χ3v) is 6.22. The Bertz CT molecular complexity index is 1110. The van der Waals surface area contributed by atoms with Crippen LogP contribution in [0.1, 0.15) is 28.8 Å². The number of hydrogen-bond donors (Lipinski definition) is 2. The number of benzene rings is 1. The van der Waals surface area contributed by atoms with E-state index in [-0.39, 0.29) is 30.8 Å². The van der Waals surface area contributed by atoms with Crippen molar-refractivity contribution in [1.82, 2.24) is 25.1 Å². The highest BCUT2D eigenvalue weighted by molar-refractivity contribution is 6.05. The highest BCUT2D eigenvalue weighted by Crippen LogP contribution is 2.29. The molecule has 0 aliphatic carbocycles. The highest BCUT2D eigenvalue weighted by atomic mass is 16.2. The lowest BCUT2D eigenvalue weighted by Crippen LogP contribution is -2.52. The zero-order valence-corrected chi connectivity index (χ0v) is 17.9. The predicted octanol–water partition coefficient (Wildman–Crippen LogP) is 0.592. The SMILES string of the molecule is O=C1CCC(N2Cc3cc(NC(=O)N4CCN(c5cnccn5)CC4)ccc3C2=O)C(=O)N1. The standard InChI is InChI=1S/C22H23N7O4/c30-19-4-3-17(20(31)26-19)29-13-14-11-15(1-2-16(14)21(29)32)25-22(33)28-9-7-27(8-10-28)18-12-23-5-6-24-18/h1-2,5-6,11-12,17H,3-4,7-10,13H2,(H,25,33)(H,26,30,31). The van der Waals surface area contributed by atoms with Crippen LogP contribution in [0.25, 0.3) is 0 Å². The summed E-state index contributed by atoms with van der Waals surface area (Å²) in [5.41, 5.74) is 1.85. The molecule has 0 spiro atoms. The molecule has 3 aliphatic heterocycles. The maximum Gasteiger partial charge on any atom is 0.321 e. The quantitative estimate of drug-likeness (QED) is 0.657. The van der Waals surface area contributed by atoms with Gasteiger partial charge >= 0.3 is 6.03 Å². The normalized spacial score (nSPS) is 20.5. The second-order valence-electron chi connectivity index (χ2n) is 8.24. The first-order valence-corrected chi connectivity index (χ1v) is 10.8. The summed E-state index contributed by atoms with van der Waals surface area (Å²) in [6, 6.07) is 4.27. The zero-order valence-electron chi connectivity index (χ0n) is 17.9. The fourth-order valence-corrected chi connectivity index (χ4v) is 4.45. The molecule has 3 aliphatic rings. The molecular formula is C22H23N7O4. The lowest BCUT2D eigenvalue weighted by molar-refractivity contribution is -0.136. The van der Waals surface area contributed by atoms with Gasteiger partial charge < -0.3 is 20.0 Å². The van der Waals surface area contributed by atoms with Crippen LogP contribution in [0.4, 0.5) is 16.3 Å². The van der Waals surface area contributed by atoms with Crippen molar-refractivity contribution in [2.75, 3.05) is 36.4 Å². The number of nitrogens with zero attached hydrogens (tertiary/aromatic N) is 5. The lowest BCUT2D eigenvalue weighted by atomic mass is 10.0. The van der Waals surface area contributed by atoms with E-state index < -0.39 is 11.9 Å². The van der Waals surface area contributed by atoms with E-state index in [4.69, 9.17) is 0 Å². The Kier molecular flexibility index (Phi) is 5.37. The Morgan fingerprint density at radius 2 is 1.91 bits per heavy atom. The molecule has 2 aromatic rings. The Morgan fingerprint density at radius 1 is 1.09 bits per heavy atom. The van der Waals surface area contributed by atoms with Crippen LogP contribution in [0.2, 0.25) is 0 Å². The van der Waals surface area contributed by atoms with Gasteiger partial charge in [0.05, 0.1) is 6.20 Å². The molecular weight excluding hydrogens is 426 g/mol. The van der Waals surface area contributed by atoms with Crippen molar-refractivity contribution in [3.8, 4) is 0 Å². The summed E-state index contributed by atoms with van der Waals surface area (Å²) < 4.78 is 0. The summed E-state index contributed by atoms with van der Waals surface area (Å²) in [6.45, 7) is 2.68. The fraction of sp³-hybridized carbons (Fsp3) is 0.364. The molecule has 11 heteroatoms. The summed E-state index contributed by atoms with van der Waals surface area (Å²) in [6.07, 6.45) is 5.51. The van der Waals surface area contributed by atoms with E-state index in [9.17, 15) is 19.2 Å². The monoisotopic (exact) mass is 449 g/mol. The molecule has 4 heterocycles. The first-order chi connectivity index (χ1) is 16.0. The van der Waals surface area contributed by atoms with Gasteiger partial charge in [-0.2, -0.15) is 0 Å². The van der Waals surface area contributed by atoms with Gasteiger partial charge in [-0.25, -0.2) is 9.78 Å². The van der Waals surface area contributed by atoms with E-state index in [0.29, 0.717) is 43.9 Å². The molecule has 1 aromatic heterocycles. The van der Waals surface area contributed by atoms with Gasteiger partial charge in [0, 0.05) is 62.8 Å². The number of urea groups is 1. The Balaban J connectivity index is 1.20. The number of fused-ring (bicyclic) bond motifs is 1. The molecule has 5 amide bonds. The first-order valence-electron chi connectivity index (χ1n) is 10.8. The van der Waals surface area contributed by atoms with E-state index >= 15 is 0 Å². The highest BCUT2D eigenvalue weighted by Gasteiger charge is 2.39. The molecule has 11 nitrogen and oxygen atoms in total. The summed E-state index contributed by atoms with van der Waals surface area (Å²) in [5.74, 6) is -0.205. The maximum absolute atomic E-state index is 12.8. The van der Waals surface area contributed by atoms with Crippen LogP contribution in [-0.2, 0) is 16.1 Å². The molecule has 170 valence electrons. The zero-order chi connectivity index (χ0) is 22.9. The summed E-state index contributed by atoms with van der Waals surface area (Å²) >= 11 is 0. The Morgan fingerprint density at radius 3 is 2.64 bits per heavy atom. The number of amides is 5. The minimum Gasteiger partial charge on any atom is -0.352 e. The molecule has 0 radical (unpaired) electrons. The smallest absolute Gasteiger partial charge is 0.321 e. The molecule has 2 fully saturated rings. The lowest BCUT2D eigenvalue weighted by Gasteiger charge is -2.35. The number of nitrogens with one attached hydrogen (secondary N) is 2. The third-order valence-electron chi connectivity index (χ3n) is 6.22. The largest absolute Gasteiger partial charge is 0.352 e. The maximum atomic E-state index is 12.8. The third kappa shape index (κ3) is 4.09. The molecule has 1 atom stereocenters. The number of carbonyl (C=O) groups is 4. The van der Waals surface area contributed by atoms with Gasteiger partial charge in [0.15, 0.2) is 0 Å². The van der Waals surface area contributed by atoms with Crippen molar-refractivity contribution in [1.29, 1.82) is 0 Å². The number of imide groups is 1. The molecule has 5 rings (SSSR count). The number of piperidine rings is 1. The molecule has 1 unspecified atom stereocenters. The van der Waals surface area contributed by atoms with Crippen LogP contribution in [0, 0.1) is 0 Å². The molecule has 0 bridgehead atoms. The number of piperazine rings is 1. The number of rotatable bonds is 3. The van der Waals surface area contributed by atoms with Crippen molar-refractivity contribution >= 4 is 35.3 Å². The average molecular weight is 449 g/mol. The average Bonchev–Trinajstić information content (AvgIpc) is 3.15. The molecule has 2 N–H and O–H groups in total. The van der Waals surface area contributed by atoms with Gasteiger partial charge in [0.2, 0.25) is 11.8 Å². The minimum atomic E-state index is -0.661. The van der Waals surface area contributed by atoms with Crippen LogP contribution in [-0.4, -0.2) is 75.7 Å². The van der Waals surface area contributed by atoms with Crippen LogP contribution < -0.4 is 15.5 Å². The molecule has 0 saturated carbocycles. The van der Waals surface area contributed by atoms with E-state index in [1.165, 1.54) is 4.90 Å². The molecule has 33 heavy (non-hydrogen) atoms. The van der Waals surface area contributed by atoms with Gasteiger partial charge in [-0.1, -0.05) is 0 Å². The molecule has 1 aromatic carbocycles. The van der Waals surface area contributed by atoms with Crippen LogP contribution in [0.5, 0.6) is 0 Å². The van der Waals surface area contributed by atoms with Crippen molar-refractivity contribution in [3.63, 3.8) is 0 Å². The van der Waals surface area contributed by atoms with Crippen LogP contribution in [0.15, 0.2) is 36.8 Å². The number of anilines is 2. The fourth-order valence-electron chi connectivity index (χ4n) is 4.45. The van der Waals surface area contributed by atoms with E-state index in [1.54, 1.807) is 41.7 Å². The summed E-state index contributed by atoms with van der Waals surface area (Å²) in [5, 5.41) is 5.20. The molecule has 2 saturated heterocycles. The minimum absolute atomic E-state index is 0.208. The van der Waals surface area contributed by atoms with E-state index in [0.717, 1.165) is 11.4 Å².